The fraction of sp³-hybridized carbons (Fsp3) is 0.250. The van der Waals surface area contributed by atoms with E-state index in [1.54, 1.807) is 0 Å². The van der Waals surface area contributed by atoms with Crippen molar-refractivity contribution in [2.75, 3.05) is 6.61 Å². The second-order valence-electron chi connectivity index (χ2n) is 4.67. The molecule has 0 saturated heterocycles. The van der Waals surface area contributed by atoms with Gasteiger partial charge in [0.05, 0.1) is 0 Å². The van der Waals surface area contributed by atoms with Crippen LogP contribution in [0.5, 0.6) is 0 Å². The fourth-order valence-corrected chi connectivity index (χ4v) is 2.47. The Kier molecular flexibility index (Phi) is 5.26. The lowest BCUT2D eigenvalue weighted by Crippen LogP contribution is -2.13. The standard InChI is InChI=1S/C16H16Cl2O/c17-15-7-5-12(6-8-15)9-13(11-19)10-14-3-1-2-4-16(14)18/h1-8,13,19H,9-11H2. The molecule has 0 radical (unpaired) electrons. The monoisotopic (exact) mass is 294 g/mol. The molecule has 0 aliphatic heterocycles. The van der Waals surface area contributed by atoms with E-state index in [-0.39, 0.29) is 12.5 Å². The largest absolute Gasteiger partial charge is 0.396 e. The van der Waals surface area contributed by atoms with Crippen LogP contribution in [-0.2, 0) is 12.8 Å². The van der Waals surface area contributed by atoms with Crippen molar-refractivity contribution in [2.45, 2.75) is 12.8 Å². The van der Waals surface area contributed by atoms with Crippen molar-refractivity contribution in [1.29, 1.82) is 0 Å². The Morgan fingerprint density at radius 1 is 0.895 bits per heavy atom. The van der Waals surface area contributed by atoms with Gasteiger partial charge < -0.3 is 5.11 Å². The van der Waals surface area contributed by atoms with Crippen LogP contribution in [0.3, 0.4) is 0 Å². The van der Waals surface area contributed by atoms with Gasteiger partial charge in [0.25, 0.3) is 0 Å². The first-order valence-corrected chi connectivity index (χ1v) is 7.03. The number of benzene rings is 2. The van der Waals surface area contributed by atoms with Crippen molar-refractivity contribution >= 4 is 23.2 Å². The number of rotatable bonds is 5. The topological polar surface area (TPSA) is 20.2 Å². The number of halogens is 2. The third-order valence-corrected chi connectivity index (χ3v) is 3.78. The number of hydrogen-bond donors (Lipinski definition) is 1. The van der Waals surface area contributed by atoms with Crippen molar-refractivity contribution in [2.24, 2.45) is 5.92 Å². The Balaban J connectivity index is 2.05. The van der Waals surface area contributed by atoms with Crippen LogP contribution in [0.1, 0.15) is 11.1 Å². The third-order valence-electron chi connectivity index (χ3n) is 3.16. The van der Waals surface area contributed by atoms with E-state index in [9.17, 15) is 5.11 Å². The number of aliphatic hydroxyl groups excluding tert-OH is 1. The molecule has 0 saturated carbocycles. The maximum atomic E-state index is 9.52. The van der Waals surface area contributed by atoms with Gasteiger partial charge in [-0.05, 0) is 48.1 Å². The summed E-state index contributed by atoms with van der Waals surface area (Å²) in [6.45, 7) is 0.147. The molecule has 2 rings (SSSR count). The molecule has 0 fully saturated rings. The molecular weight excluding hydrogens is 279 g/mol. The van der Waals surface area contributed by atoms with Gasteiger partial charge >= 0.3 is 0 Å². The summed E-state index contributed by atoms with van der Waals surface area (Å²) < 4.78 is 0. The molecule has 1 atom stereocenters. The molecule has 3 heteroatoms. The minimum atomic E-state index is 0.147. The minimum Gasteiger partial charge on any atom is -0.396 e. The Hall–Kier alpha value is -1.02. The predicted octanol–water partition coefficient (Wildman–Crippen LogP) is 4.39. The summed E-state index contributed by atoms with van der Waals surface area (Å²) in [5.41, 5.74) is 2.26. The summed E-state index contributed by atoms with van der Waals surface area (Å²) in [5, 5.41) is 11.0. The molecule has 2 aromatic carbocycles. The van der Waals surface area contributed by atoms with E-state index in [1.807, 2.05) is 48.5 Å². The average molecular weight is 295 g/mol. The van der Waals surface area contributed by atoms with Gasteiger partial charge in [0, 0.05) is 16.7 Å². The van der Waals surface area contributed by atoms with E-state index in [0.717, 1.165) is 28.5 Å². The molecule has 0 aliphatic carbocycles. The molecule has 0 aromatic heterocycles. The van der Waals surface area contributed by atoms with E-state index >= 15 is 0 Å². The lowest BCUT2D eigenvalue weighted by molar-refractivity contribution is 0.225. The number of aliphatic hydroxyl groups is 1. The Labute approximate surface area is 123 Å². The summed E-state index contributed by atoms with van der Waals surface area (Å²) in [7, 11) is 0. The maximum absolute atomic E-state index is 9.52. The minimum absolute atomic E-state index is 0.147. The molecule has 2 aromatic rings. The van der Waals surface area contributed by atoms with Gasteiger partial charge in [0.2, 0.25) is 0 Å². The summed E-state index contributed by atoms with van der Waals surface area (Å²) >= 11 is 12.0. The van der Waals surface area contributed by atoms with Crippen LogP contribution < -0.4 is 0 Å². The van der Waals surface area contributed by atoms with Gasteiger partial charge in [-0.1, -0.05) is 53.5 Å². The number of hydrogen-bond acceptors (Lipinski definition) is 1. The second kappa shape index (κ2) is 6.95. The summed E-state index contributed by atoms with van der Waals surface area (Å²) in [5.74, 6) is 0.168. The van der Waals surface area contributed by atoms with Crippen molar-refractivity contribution < 1.29 is 5.11 Å². The normalized spacial score (nSPS) is 12.4. The molecule has 1 nitrogen and oxygen atoms in total. The van der Waals surface area contributed by atoms with E-state index in [2.05, 4.69) is 0 Å². The lowest BCUT2D eigenvalue weighted by Gasteiger charge is -2.15. The van der Waals surface area contributed by atoms with Crippen LogP contribution in [0.2, 0.25) is 10.0 Å². The summed E-state index contributed by atoms with van der Waals surface area (Å²) in [4.78, 5) is 0. The van der Waals surface area contributed by atoms with Crippen molar-refractivity contribution in [1.82, 2.24) is 0 Å². The van der Waals surface area contributed by atoms with Gasteiger partial charge in [-0.2, -0.15) is 0 Å². The van der Waals surface area contributed by atoms with E-state index in [4.69, 9.17) is 23.2 Å². The Morgan fingerprint density at radius 2 is 1.58 bits per heavy atom. The highest BCUT2D eigenvalue weighted by Crippen LogP contribution is 2.21. The van der Waals surface area contributed by atoms with Crippen molar-refractivity contribution in [3.8, 4) is 0 Å². The van der Waals surface area contributed by atoms with Gasteiger partial charge in [-0.25, -0.2) is 0 Å². The molecule has 0 heterocycles. The molecule has 19 heavy (non-hydrogen) atoms. The molecule has 1 unspecified atom stereocenters. The van der Waals surface area contributed by atoms with Crippen LogP contribution >= 0.6 is 23.2 Å². The Bertz CT molecular complexity index is 523. The molecule has 0 aliphatic rings. The first-order valence-electron chi connectivity index (χ1n) is 6.27. The molecule has 0 amide bonds. The zero-order valence-corrected chi connectivity index (χ0v) is 12.0. The van der Waals surface area contributed by atoms with Crippen LogP contribution in [0.15, 0.2) is 48.5 Å². The predicted molar refractivity (Wildman–Crippen MR) is 80.9 cm³/mol. The molecule has 1 N–H and O–H groups in total. The highest BCUT2D eigenvalue weighted by Gasteiger charge is 2.11. The quantitative estimate of drug-likeness (QED) is 0.867. The van der Waals surface area contributed by atoms with Crippen molar-refractivity contribution in [3.05, 3.63) is 69.7 Å². The summed E-state index contributed by atoms with van der Waals surface area (Å²) in [6.07, 6.45) is 1.59. The highest BCUT2D eigenvalue weighted by molar-refractivity contribution is 6.31. The molecule has 100 valence electrons. The highest BCUT2D eigenvalue weighted by atomic mass is 35.5. The Morgan fingerprint density at radius 3 is 2.21 bits per heavy atom. The lowest BCUT2D eigenvalue weighted by atomic mass is 9.93. The third kappa shape index (κ3) is 4.24. The van der Waals surface area contributed by atoms with Crippen LogP contribution in [0, 0.1) is 5.92 Å². The fourth-order valence-electron chi connectivity index (χ4n) is 2.13. The van der Waals surface area contributed by atoms with Crippen molar-refractivity contribution in [3.63, 3.8) is 0 Å². The average Bonchev–Trinajstić information content (AvgIpc) is 2.43. The molecule has 0 bridgehead atoms. The zero-order chi connectivity index (χ0) is 13.7. The van der Waals surface area contributed by atoms with Gasteiger partial charge in [0.15, 0.2) is 0 Å². The van der Waals surface area contributed by atoms with E-state index < -0.39 is 0 Å². The van der Waals surface area contributed by atoms with E-state index in [1.165, 1.54) is 5.56 Å². The van der Waals surface area contributed by atoms with Gasteiger partial charge in [-0.3, -0.25) is 0 Å². The first kappa shape index (κ1) is 14.4. The second-order valence-corrected chi connectivity index (χ2v) is 5.52. The van der Waals surface area contributed by atoms with Crippen LogP contribution in [0.25, 0.3) is 0 Å². The maximum Gasteiger partial charge on any atom is 0.0465 e. The zero-order valence-electron chi connectivity index (χ0n) is 10.5. The first-order chi connectivity index (χ1) is 9.19. The van der Waals surface area contributed by atoms with Crippen LogP contribution in [0.4, 0.5) is 0 Å². The van der Waals surface area contributed by atoms with Crippen LogP contribution in [-0.4, -0.2) is 11.7 Å². The summed E-state index contributed by atoms with van der Waals surface area (Å²) in [6, 6.07) is 15.5. The van der Waals surface area contributed by atoms with Gasteiger partial charge in [-0.15, -0.1) is 0 Å². The molecule has 0 spiro atoms. The smallest absolute Gasteiger partial charge is 0.0465 e. The van der Waals surface area contributed by atoms with E-state index in [0.29, 0.717) is 0 Å². The molecular formula is C16H16Cl2O. The van der Waals surface area contributed by atoms with Gasteiger partial charge in [0.1, 0.15) is 0 Å². The SMILES string of the molecule is OCC(Cc1ccc(Cl)cc1)Cc1ccccc1Cl.